The summed E-state index contributed by atoms with van der Waals surface area (Å²) in [5.74, 6) is 0. The third kappa shape index (κ3) is 2.81. The minimum Gasteiger partial charge on any atom is -0.378 e. The molecule has 1 aromatic heterocycles. The molecule has 0 atom stereocenters. The van der Waals surface area contributed by atoms with E-state index in [-0.39, 0.29) is 5.56 Å². The standard InChI is InChI=1S/C14H14F2N2O/c1-17(2)11-4-3-5-12(9-11)18-7-6-10(14(15)16)8-13(18)19/h3-9,14H,1-2H3. The van der Waals surface area contributed by atoms with Gasteiger partial charge in [0.1, 0.15) is 0 Å². The third-order valence-corrected chi connectivity index (χ3v) is 2.82. The van der Waals surface area contributed by atoms with Crippen LogP contribution in [-0.4, -0.2) is 18.7 Å². The number of hydrogen-bond acceptors (Lipinski definition) is 2. The van der Waals surface area contributed by atoms with E-state index in [1.807, 2.05) is 37.2 Å². The van der Waals surface area contributed by atoms with Crippen molar-refractivity contribution in [2.45, 2.75) is 6.43 Å². The van der Waals surface area contributed by atoms with Gasteiger partial charge in [0, 0.05) is 37.6 Å². The maximum Gasteiger partial charge on any atom is 0.264 e. The molecule has 2 rings (SSSR count). The van der Waals surface area contributed by atoms with Crippen LogP contribution in [0.2, 0.25) is 0 Å². The second-order valence-electron chi connectivity index (χ2n) is 4.38. The van der Waals surface area contributed by atoms with Crippen LogP contribution >= 0.6 is 0 Å². The van der Waals surface area contributed by atoms with E-state index in [4.69, 9.17) is 0 Å². The average Bonchev–Trinajstić information content (AvgIpc) is 2.38. The molecule has 0 aliphatic carbocycles. The Bertz CT molecular complexity index is 635. The number of nitrogens with zero attached hydrogens (tertiary/aromatic N) is 2. The van der Waals surface area contributed by atoms with Crippen LogP contribution < -0.4 is 10.5 Å². The highest BCUT2D eigenvalue weighted by Crippen LogP contribution is 2.18. The molecule has 0 radical (unpaired) electrons. The normalized spacial score (nSPS) is 10.8. The minimum absolute atomic E-state index is 0.259. The van der Waals surface area contributed by atoms with Gasteiger partial charge in [0.15, 0.2) is 0 Å². The average molecular weight is 264 g/mol. The van der Waals surface area contributed by atoms with E-state index in [0.29, 0.717) is 5.69 Å². The topological polar surface area (TPSA) is 25.2 Å². The van der Waals surface area contributed by atoms with Crippen LogP contribution in [0.5, 0.6) is 0 Å². The zero-order valence-corrected chi connectivity index (χ0v) is 10.7. The van der Waals surface area contributed by atoms with Crippen molar-refractivity contribution in [1.82, 2.24) is 4.57 Å². The smallest absolute Gasteiger partial charge is 0.264 e. The molecular weight excluding hydrogens is 250 g/mol. The molecule has 1 heterocycles. The lowest BCUT2D eigenvalue weighted by Crippen LogP contribution is -2.18. The number of pyridine rings is 1. The molecule has 0 bridgehead atoms. The molecule has 1 aromatic carbocycles. The summed E-state index contributed by atoms with van der Waals surface area (Å²) in [5.41, 5.74) is 0.859. The van der Waals surface area contributed by atoms with Gasteiger partial charge in [0.25, 0.3) is 12.0 Å². The first kappa shape index (κ1) is 13.3. The van der Waals surface area contributed by atoms with Crippen molar-refractivity contribution in [2.75, 3.05) is 19.0 Å². The van der Waals surface area contributed by atoms with E-state index < -0.39 is 12.0 Å². The Hall–Kier alpha value is -2.17. The molecule has 2 aromatic rings. The van der Waals surface area contributed by atoms with Gasteiger partial charge in [-0.2, -0.15) is 0 Å². The summed E-state index contributed by atoms with van der Waals surface area (Å²) in [4.78, 5) is 13.7. The maximum atomic E-state index is 12.5. The predicted molar refractivity (Wildman–Crippen MR) is 71.3 cm³/mol. The molecular formula is C14H14F2N2O. The summed E-state index contributed by atoms with van der Waals surface area (Å²) >= 11 is 0. The molecule has 0 unspecified atom stereocenters. The second kappa shape index (κ2) is 5.22. The first-order valence-electron chi connectivity index (χ1n) is 5.77. The zero-order valence-electron chi connectivity index (χ0n) is 10.7. The molecule has 0 saturated carbocycles. The molecule has 19 heavy (non-hydrogen) atoms. The maximum absolute atomic E-state index is 12.5. The Kier molecular flexibility index (Phi) is 3.64. The lowest BCUT2D eigenvalue weighted by atomic mass is 10.2. The van der Waals surface area contributed by atoms with Crippen molar-refractivity contribution in [1.29, 1.82) is 0 Å². The lowest BCUT2D eigenvalue weighted by molar-refractivity contribution is 0.151. The largest absolute Gasteiger partial charge is 0.378 e. The van der Waals surface area contributed by atoms with E-state index in [0.717, 1.165) is 11.8 Å². The fourth-order valence-corrected chi connectivity index (χ4v) is 1.76. The highest BCUT2D eigenvalue weighted by atomic mass is 19.3. The van der Waals surface area contributed by atoms with Crippen LogP contribution in [0.1, 0.15) is 12.0 Å². The van der Waals surface area contributed by atoms with Crippen molar-refractivity contribution >= 4 is 5.69 Å². The van der Waals surface area contributed by atoms with Crippen molar-refractivity contribution in [2.24, 2.45) is 0 Å². The first-order chi connectivity index (χ1) is 8.99. The fourth-order valence-electron chi connectivity index (χ4n) is 1.76. The van der Waals surface area contributed by atoms with E-state index in [9.17, 15) is 13.6 Å². The third-order valence-electron chi connectivity index (χ3n) is 2.82. The van der Waals surface area contributed by atoms with Gasteiger partial charge in [-0.3, -0.25) is 9.36 Å². The van der Waals surface area contributed by atoms with Crippen molar-refractivity contribution < 1.29 is 8.78 Å². The Labute approximate surface area is 109 Å². The number of alkyl halides is 2. The van der Waals surface area contributed by atoms with E-state index in [2.05, 4.69) is 0 Å². The molecule has 0 N–H and O–H groups in total. The van der Waals surface area contributed by atoms with Gasteiger partial charge in [-0.15, -0.1) is 0 Å². The lowest BCUT2D eigenvalue weighted by Gasteiger charge is -2.14. The van der Waals surface area contributed by atoms with E-state index in [1.54, 1.807) is 6.07 Å². The highest BCUT2D eigenvalue weighted by molar-refractivity contribution is 5.52. The molecule has 0 spiro atoms. The second-order valence-corrected chi connectivity index (χ2v) is 4.38. The molecule has 0 aliphatic rings. The number of anilines is 1. The van der Waals surface area contributed by atoms with Gasteiger partial charge in [-0.25, -0.2) is 8.78 Å². The van der Waals surface area contributed by atoms with E-state index >= 15 is 0 Å². The van der Waals surface area contributed by atoms with Crippen molar-refractivity contribution in [3.05, 3.63) is 58.5 Å². The van der Waals surface area contributed by atoms with Gasteiger partial charge >= 0.3 is 0 Å². The fraction of sp³-hybridized carbons (Fsp3) is 0.214. The molecule has 3 nitrogen and oxygen atoms in total. The number of halogens is 2. The van der Waals surface area contributed by atoms with Gasteiger partial charge in [-0.05, 0) is 24.3 Å². The number of rotatable bonds is 3. The summed E-state index contributed by atoms with van der Waals surface area (Å²) in [6, 6.07) is 9.53. The van der Waals surface area contributed by atoms with Gasteiger partial charge < -0.3 is 4.90 Å². The number of benzene rings is 1. The summed E-state index contributed by atoms with van der Waals surface area (Å²) in [7, 11) is 3.78. The van der Waals surface area contributed by atoms with Crippen molar-refractivity contribution in [3.63, 3.8) is 0 Å². The Morgan fingerprint density at radius 1 is 1.16 bits per heavy atom. The van der Waals surface area contributed by atoms with Crippen molar-refractivity contribution in [3.8, 4) is 5.69 Å². The van der Waals surface area contributed by atoms with Gasteiger partial charge in [0.2, 0.25) is 0 Å². The monoisotopic (exact) mass is 264 g/mol. The molecule has 0 amide bonds. The number of aromatic nitrogens is 1. The number of hydrogen-bond donors (Lipinski definition) is 0. The summed E-state index contributed by atoms with van der Waals surface area (Å²) < 4.78 is 26.3. The Morgan fingerprint density at radius 3 is 2.47 bits per heavy atom. The van der Waals surface area contributed by atoms with Gasteiger partial charge in [-0.1, -0.05) is 6.07 Å². The van der Waals surface area contributed by atoms with Crippen LogP contribution in [0.25, 0.3) is 5.69 Å². The zero-order chi connectivity index (χ0) is 14.0. The van der Waals surface area contributed by atoms with Gasteiger partial charge in [0.05, 0.1) is 5.69 Å². The SMILES string of the molecule is CN(C)c1cccc(-n2ccc(C(F)F)cc2=O)c1. The first-order valence-corrected chi connectivity index (χ1v) is 5.77. The molecule has 100 valence electrons. The van der Waals surface area contributed by atoms with Crippen LogP contribution in [0, 0.1) is 0 Å². The Balaban J connectivity index is 2.48. The molecule has 0 fully saturated rings. The quantitative estimate of drug-likeness (QED) is 0.851. The van der Waals surface area contributed by atoms with E-state index in [1.165, 1.54) is 16.8 Å². The van der Waals surface area contributed by atoms with Crippen LogP contribution in [0.3, 0.4) is 0 Å². The summed E-state index contributed by atoms with van der Waals surface area (Å²) in [5, 5.41) is 0. The highest BCUT2D eigenvalue weighted by Gasteiger charge is 2.09. The van der Waals surface area contributed by atoms with Crippen LogP contribution in [-0.2, 0) is 0 Å². The molecule has 0 saturated heterocycles. The van der Waals surface area contributed by atoms with Crippen LogP contribution in [0.4, 0.5) is 14.5 Å². The molecule has 0 aliphatic heterocycles. The predicted octanol–water partition coefficient (Wildman–Crippen LogP) is 2.84. The summed E-state index contributed by atoms with van der Waals surface area (Å²) in [6.45, 7) is 0. The Morgan fingerprint density at radius 2 is 1.89 bits per heavy atom. The summed E-state index contributed by atoms with van der Waals surface area (Å²) in [6.07, 6.45) is -1.26. The molecule has 5 heteroatoms. The van der Waals surface area contributed by atoms with Crippen LogP contribution in [0.15, 0.2) is 47.4 Å². The minimum atomic E-state index is -2.63.